The number of hydrogen-bond acceptors (Lipinski definition) is 5. The lowest BCUT2D eigenvalue weighted by Crippen LogP contribution is -2.56. The molecule has 0 spiro atoms. The molecule has 3 amide bonds. The van der Waals surface area contributed by atoms with E-state index in [4.69, 9.17) is 16.6 Å². The Balaban J connectivity index is 4.87. The number of nitrogens with one attached hydrogen (secondary N) is 2. The summed E-state index contributed by atoms with van der Waals surface area (Å²) in [6.07, 6.45) is -0.293. The summed E-state index contributed by atoms with van der Waals surface area (Å²) in [4.78, 5) is 45.6. The van der Waals surface area contributed by atoms with Crippen LogP contribution in [0.25, 0.3) is 0 Å². The van der Waals surface area contributed by atoms with Crippen LogP contribution in [0.1, 0.15) is 33.6 Å². The van der Waals surface area contributed by atoms with Crippen molar-refractivity contribution in [3.8, 4) is 0 Å². The van der Waals surface area contributed by atoms with E-state index in [1.807, 2.05) is 0 Å². The van der Waals surface area contributed by atoms with E-state index in [0.717, 1.165) is 0 Å². The third kappa shape index (κ3) is 7.02. The highest BCUT2D eigenvalue weighted by atomic mass is 16.4. The summed E-state index contributed by atoms with van der Waals surface area (Å²) in [6.45, 7) is 4.87. The Labute approximate surface area is 128 Å². The molecule has 0 heterocycles. The van der Waals surface area contributed by atoms with Gasteiger partial charge in [-0.15, -0.1) is 0 Å². The molecule has 0 aromatic carbocycles. The van der Waals surface area contributed by atoms with Crippen LogP contribution in [0.2, 0.25) is 0 Å². The highest BCUT2D eigenvalue weighted by molar-refractivity contribution is 5.91. The van der Waals surface area contributed by atoms with E-state index in [1.165, 1.54) is 6.92 Å². The minimum absolute atomic E-state index is 0.123. The van der Waals surface area contributed by atoms with Gasteiger partial charge in [0.25, 0.3) is 0 Å². The minimum atomic E-state index is -1.28. The summed E-state index contributed by atoms with van der Waals surface area (Å²) >= 11 is 0. The Morgan fingerprint density at radius 2 is 1.59 bits per heavy atom. The number of primary amides is 1. The molecule has 3 atom stereocenters. The lowest BCUT2D eigenvalue weighted by molar-refractivity contribution is -0.142. The average molecular weight is 316 g/mol. The molecule has 0 aliphatic heterocycles. The molecule has 9 nitrogen and oxygen atoms in total. The van der Waals surface area contributed by atoms with Gasteiger partial charge in [-0.25, -0.2) is 4.79 Å². The zero-order valence-corrected chi connectivity index (χ0v) is 13.0. The molecule has 0 aliphatic rings. The van der Waals surface area contributed by atoms with Crippen molar-refractivity contribution in [1.29, 1.82) is 0 Å². The molecular weight excluding hydrogens is 292 g/mol. The Morgan fingerprint density at radius 1 is 1.05 bits per heavy atom. The Bertz CT molecular complexity index is 436. The zero-order chi connectivity index (χ0) is 17.4. The number of carbonyl (C=O) groups is 4. The lowest BCUT2D eigenvalue weighted by Gasteiger charge is -2.24. The smallest absolute Gasteiger partial charge is 0.326 e. The van der Waals surface area contributed by atoms with Crippen molar-refractivity contribution in [3.63, 3.8) is 0 Å². The van der Waals surface area contributed by atoms with Gasteiger partial charge in [-0.2, -0.15) is 0 Å². The van der Waals surface area contributed by atoms with Crippen LogP contribution in [0.15, 0.2) is 0 Å². The predicted octanol–water partition coefficient (Wildman–Crippen LogP) is -1.69. The normalized spacial score (nSPS) is 14.8. The van der Waals surface area contributed by atoms with E-state index >= 15 is 0 Å². The maximum absolute atomic E-state index is 12.2. The number of amides is 3. The topological polar surface area (TPSA) is 165 Å². The number of carboxylic acid groups (broad SMARTS) is 1. The predicted molar refractivity (Wildman–Crippen MR) is 78.4 cm³/mol. The number of carbonyl (C=O) groups excluding carboxylic acids is 3. The maximum atomic E-state index is 12.2. The molecule has 0 aromatic heterocycles. The lowest BCUT2D eigenvalue weighted by atomic mass is 10.0. The third-order valence-electron chi connectivity index (χ3n) is 2.95. The molecule has 3 unspecified atom stereocenters. The third-order valence-corrected chi connectivity index (χ3v) is 2.95. The van der Waals surface area contributed by atoms with Crippen LogP contribution in [0, 0.1) is 5.92 Å². The van der Waals surface area contributed by atoms with Crippen LogP contribution in [-0.4, -0.2) is 46.9 Å². The van der Waals surface area contributed by atoms with Gasteiger partial charge in [-0.3, -0.25) is 14.4 Å². The maximum Gasteiger partial charge on any atom is 0.326 e. The second kappa shape index (κ2) is 8.98. The van der Waals surface area contributed by atoms with Crippen molar-refractivity contribution in [3.05, 3.63) is 0 Å². The van der Waals surface area contributed by atoms with Crippen molar-refractivity contribution in [1.82, 2.24) is 10.6 Å². The molecule has 0 aliphatic carbocycles. The highest BCUT2D eigenvalue weighted by Gasteiger charge is 2.29. The van der Waals surface area contributed by atoms with Crippen molar-refractivity contribution in [2.75, 3.05) is 0 Å². The van der Waals surface area contributed by atoms with Gasteiger partial charge >= 0.3 is 5.97 Å². The monoisotopic (exact) mass is 316 g/mol. The van der Waals surface area contributed by atoms with E-state index < -0.39 is 41.8 Å². The molecule has 0 saturated carbocycles. The number of hydrogen-bond donors (Lipinski definition) is 5. The molecule has 126 valence electrons. The van der Waals surface area contributed by atoms with Gasteiger partial charge in [-0.05, 0) is 19.3 Å². The van der Waals surface area contributed by atoms with E-state index in [0.29, 0.717) is 0 Å². The fourth-order valence-electron chi connectivity index (χ4n) is 1.63. The summed E-state index contributed by atoms with van der Waals surface area (Å²) in [6, 6.07) is -2.97. The van der Waals surface area contributed by atoms with E-state index in [2.05, 4.69) is 10.6 Å². The molecule has 0 saturated heterocycles. The van der Waals surface area contributed by atoms with Crippen LogP contribution >= 0.6 is 0 Å². The zero-order valence-electron chi connectivity index (χ0n) is 13.0. The molecule has 0 fully saturated rings. The van der Waals surface area contributed by atoms with Crippen LogP contribution in [0.3, 0.4) is 0 Å². The molecular formula is C13H24N4O5. The number of rotatable bonds is 9. The Kier molecular flexibility index (Phi) is 8.10. The summed E-state index contributed by atoms with van der Waals surface area (Å²) in [5.41, 5.74) is 10.4. The molecule has 0 aromatic rings. The van der Waals surface area contributed by atoms with Crippen LogP contribution in [0.5, 0.6) is 0 Å². The highest BCUT2D eigenvalue weighted by Crippen LogP contribution is 2.05. The van der Waals surface area contributed by atoms with Crippen molar-refractivity contribution in [2.45, 2.75) is 51.7 Å². The van der Waals surface area contributed by atoms with Crippen LogP contribution in [0.4, 0.5) is 0 Å². The second-order valence-electron chi connectivity index (χ2n) is 5.42. The van der Waals surface area contributed by atoms with Gasteiger partial charge in [0, 0.05) is 6.42 Å². The number of carboxylic acids is 1. The summed E-state index contributed by atoms with van der Waals surface area (Å²) < 4.78 is 0. The molecule has 0 radical (unpaired) electrons. The van der Waals surface area contributed by atoms with Gasteiger partial charge in [0.1, 0.15) is 12.1 Å². The Hall–Kier alpha value is -2.16. The standard InChI is InChI=1S/C13H24N4O5/c1-6(2)10(17-11(19)7(3)14)12(20)16-8(13(21)22)4-5-9(15)18/h6-8,10H,4-5,14H2,1-3H3,(H2,15,18)(H,16,20)(H,17,19)(H,21,22). The molecule has 9 heteroatoms. The SMILES string of the molecule is CC(N)C(=O)NC(C(=O)NC(CCC(N)=O)C(=O)O)C(C)C. The first-order valence-corrected chi connectivity index (χ1v) is 6.93. The van der Waals surface area contributed by atoms with E-state index in [9.17, 15) is 19.2 Å². The molecule has 0 bridgehead atoms. The quantitative estimate of drug-likeness (QED) is 0.340. The van der Waals surface area contributed by atoms with Gasteiger partial charge in [0.15, 0.2) is 0 Å². The fraction of sp³-hybridized carbons (Fsp3) is 0.692. The van der Waals surface area contributed by atoms with Gasteiger partial charge in [0.05, 0.1) is 6.04 Å². The average Bonchev–Trinajstić information content (AvgIpc) is 2.38. The molecule has 0 rings (SSSR count). The van der Waals surface area contributed by atoms with Crippen molar-refractivity contribution < 1.29 is 24.3 Å². The van der Waals surface area contributed by atoms with Crippen LogP contribution < -0.4 is 22.1 Å². The summed E-state index contributed by atoms with van der Waals surface area (Å²) in [5.74, 6) is -3.38. The summed E-state index contributed by atoms with van der Waals surface area (Å²) in [7, 11) is 0. The second-order valence-corrected chi connectivity index (χ2v) is 5.42. The first kappa shape index (κ1) is 19.8. The first-order valence-electron chi connectivity index (χ1n) is 6.93. The van der Waals surface area contributed by atoms with Gasteiger partial charge in [0.2, 0.25) is 17.7 Å². The van der Waals surface area contributed by atoms with Gasteiger partial charge in [-0.1, -0.05) is 13.8 Å². The minimum Gasteiger partial charge on any atom is -0.480 e. The van der Waals surface area contributed by atoms with E-state index in [-0.39, 0.29) is 18.8 Å². The Morgan fingerprint density at radius 3 is 1.95 bits per heavy atom. The summed E-state index contributed by atoms with van der Waals surface area (Å²) in [5, 5.41) is 13.8. The fourth-order valence-corrected chi connectivity index (χ4v) is 1.63. The van der Waals surface area contributed by atoms with E-state index in [1.54, 1.807) is 13.8 Å². The van der Waals surface area contributed by atoms with Gasteiger partial charge < -0.3 is 27.2 Å². The first-order chi connectivity index (χ1) is 10.1. The number of aliphatic carboxylic acids is 1. The molecule has 7 N–H and O–H groups in total. The number of nitrogens with two attached hydrogens (primary N) is 2. The van der Waals surface area contributed by atoms with Crippen molar-refractivity contribution in [2.24, 2.45) is 17.4 Å². The van der Waals surface area contributed by atoms with Crippen LogP contribution in [-0.2, 0) is 19.2 Å². The van der Waals surface area contributed by atoms with Crippen molar-refractivity contribution >= 4 is 23.7 Å². The molecule has 22 heavy (non-hydrogen) atoms. The largest absolute Gasteiger partial charge is 0.480 e.